The van der Waals surface area contributed by atoms with E-state index < -0.39 is 0 Å². The molecule has 3 aromatic carbocycles. The molecular formula is C18H15N. The Labute approximate surface area is 113 Å². The maximum Gasteiger partial charge on any atom is 0.0463 e. The van der Waals surface area contributed by atoms with E-state index in [1.807, 2.05) is 6.08 Å². The van der Waals surface area contributed by atoms with Crippen LogP contribution in [0, 0.1) is 0 Å². The largest absolute Gasteiger partial charge is 0.355 e. The van der Waals surface area contributed by atoms with Crippen molar-refractivity contribution in [2.75, 3.05) is 5.32 Å². The van der Waals surface area contributed by atoms with Crippen molar-refractivity contribution in [2.45, 2.75) is 0 Å². The van der Waals surface area contributed by atoms with Crippen molar-refractivity contribution in [1.82, 2.24) is 0 Å². The zero-order valence-electron chi connectivity index (χ0n) is 10.6. The highest BCUT2D eigenvalue weighted by atomic mass is 14.9. The van der Waals surface area contributed by atoms with Gasteiger partial charge in [0.2, 0.25) is 0 Å². The van der Waals surface area contributed by atoms with Crippen LogP contribution >= 0.6 is 0 Å². The summed E-state index contributed by atoms with van der Waals surface area (Å²) >= 11 is 0. The summed E-state index contributed by atoms with van der Waals surface area (Å²) in [6.07, 6.45) is 1.85. The van der Waals surface area contributed by atoms with Crippen LogP contribution in [0.5, 0.6) is 0 Å². The SMILES string of the molecule is C=Cc1ccc(Nc2cccc3ccccc23)cc1. The van der Waals surface area contributed by atoms with E-state index in [1.165, 1.54) is 10.8 Å². The van der Waals surface area contributed by atoms with E-state index in [1.54, 1.807) is 0 Å². The Kier molecular flexibility index (Phi) is 3.03. The van der Waals surface area contributed by atoms with Crippen molar-refractivity contribution < 1.29 is 0 Å². The van der Waals surface area contributed by atoms with E-state index in [2.05, 4.69) is 78.6 Å². The normalized spacial score (nSPS) is 10.3. The van der Waals surface area contributed by atoms with Gasteiger partial charge < -0.3 is 5.32 Å². The molecule has 0 aliphatic heterocycles. The number of nitrogens with one attached hydrogen (secondary N) is 1. The molecule has 1 N–H and O–H groups in total. The predicted octanol–water partition coefficient (Wildman–Crippen LogP) is 5.23. The van der Waals surface area contributed by atoms with Gasteiger partial charge in [-0.15, -0.1) is 0 Å². The second kappa shape index (κ2) is 4.99. The molecular weight excluding hydrogens is 230 g/mol. The second-order valence-corrected chi connectivity index (χ2v) is 4.48. The van der Waals surface area contributed by atoms with E-state index in [0.717, 1.165) is 16.9 Å². The van der Waals surface area contributed by atoms with Crippen molar-refractivity contribution in [3.63, 3.8) is 0 Å². The van der Waals surface area contributed by atoms with E-state index in [-0.39, 0.29) is 0 Å². The lowest BCUT2D eigenvalue weighted by Gasteiger charge is -2.10. The molecule has 1 heteroatoms. The van der Waals surface area contributed by atoms with Crippen LogP contribution in [0.4, 0.5) is 11.4 Å². The second-order valence-electron chi connectivity index (χ2n) is 4.48. The molecule has 0 unspecified atom stereocenters. The fourth-order valence-electron chi connectivity index (χ4n) is 2.19. The van der Waals surface area contributed by atoms with Crippen LogP contribution in [0.1, 0.15) is 5.56 Å². The monoisotopic (exact) mass is 245 g/mol. The van der Waals surface area contributed by atoms with Crippen LogP contribution in [0.3, 0.4) is 0 Å². The number of anilines is 2. The van der Waals surface area contributed by atoms with Gasteiger partial charge in [-0.25, -0.2) is 0 Å². The van der Waals surface area contributed by atoms with Crippen LogP contribution in [-0.2, 0) is 0 Å². The number of benzene rings is 3. The lowest BCUT2D eigenvalue weighted by atomic mass is 10.1. The number of rotatable bonds is 3. The van der Waals surface area contributed by atoms with Crippen LogP contribution < -0.4 is 5.32 Å². The first kappa shape index (κ1) is 11.5. The summed E-state index contributed by atoms with van der Waals surface area (Å²) in [5, 5.41) is 5.94. The molecule has 0 saturated carbocycles. The fourth-order valence-corrected chi connectivity index (χ4v) is 2.19. The van der Waals surface area contributed by atoms with Crippen molar-refractivity contribution in [3.05, 3.63) is 78.9 Å². The lowest BCUT2D eigenvalue weighted by Crippen LogP contribution is -1.91. The number of hydrogen-bond acceptors (Lipinski definition) is 1. The van der Waals surface area contributed by atoms with Crippen LogP contribution in [0.25, 0.3) is 16.8 Å². The van der Waals surface area contributed by atoms with E-state index in [0.29, 0.717) is 0 Å². The van der Waals surface area contributed by atoms with E-state index >= 15 is 0 Å². The number of hydrogen-bond donors (Lipinski definition) is 1. The molecule has 92 valence electrons. The van der Waals surface area contributed by atoms with Crippen molar-refractivity contribution >= 4 is 28.2 Å². The molecule has 0 radical (unpaired) electrons. The third kappa shape index (κ3) is 2.36. The molecule has 0 aliphatic carbocycles. The summed E-state index contributed by atoms with van der Waals surface area (Å²) in [6, 6.07) is 22.9. The molecule has 0 fully saturated rings. The standard InChI is InChI=1S/C18H15N/c1-2-14-10-12-16(13-11-14)19-18-9-5-7-15-6-3-4-8-17(15)18/h2-13,19H,1H2. The van der Waals surface area contributed by atoms with Crippen molar-refractivity contribution in [3.8, 4) is 0 Å². The zero-order valence-corrected chi connectivity index (χ0v) is 10.6. The zero-order chi connectivity index (χ0) is 13.1. The minimum atomic E-state index is 1.09. The van der Waals surface area contributed by atoms with Crippen LogP contribution in [-0.4, -0.2) is 0 Å². The molecule has 0 aromatic heterocycles. The van der Waals surface area contributed by atoms with Gasteiger partial charge in [-0.3, -0.25) is 0 Å². The minimum Gasteiger partial charge on any atom is -0.355 e. The quantitative estimate of drug-likeness (QED) is 0.666. The van der Waals surface area contributed by atoms with Gasteiger partial charge in [0.05, 0.1) is 0 Å². The summed E-state index contributed by atoms with van der Waals surface area (Å²) in [5.41, 5.74) is 3.34. The Bertz CT molecular complexity index is 706. The summed E-state index contributed by atoms with van der Waals surface area (Å²) in [4.78, 5) is 0. The van der Waals surface area contributed by atoms with Gasteiger partial charge in [0, 0.05) is 16.8 Å². The van der Waals surface area contributed by atoms with Crippen molar-refractivity contribution in [2.24, 2.45) is 0 Å². The third-order valence-electron chi connectivity index (χ3n) is 3.22. The first-order valence-corrected chi connectivity index (χ1v) is 6.34. The van der Waals surface area contributed by atoms with Gasteiger partial charge in [0.25, 0.3) is 0 Å². The molecule has 0 atom stereocenters. The lowest BCUT2D eigenvalue weighted by molar-refractivity contribution is 1.56. The van der Waals surface area contributed by atoms with Gasteiger partial charge in [-0.2, -0.15) is 0 Å². The predicted molar refractivity (Wildman–Crippen MR) is 83.8 cm³/mol. The van der Waals surface area contributed by atoms with Gasteiger partial charge in [-0.05, 0) is 29.1 Å². The van der Waals surface area contributed by atoms with Crippen LogP contribution in [0.2, 0.25) is 0 Å². The molecule has 19 heavy (non-hydrogen) atoms. The Balaban J connectivity index is 1.98. The molecule has 3 rings (SSSR count). The Morgan fingerprint density at radius 2 is 1.53 bits per heavy atom. The molecule has 3 aromatic rings. The fraction of sp³-hybridized carbons (Fsp3) is 0. The summed E-state index contributed by atoms with van der Waals surface area (Å²) in [5.74, 6) is 0. The maximum absolute atomic E-state index is 3.77. The minimum absolute atomic E-state index is 1.09. The van der Waals surface area contributed by atoms with Crippen LogP contribution in [0.15, 0.2) is 73.3 Å². The highest BCUT2D eigenvalue weighted by Gasteiger charge is 2.00. The topological polar surface area (TPSA) is 12.0 Å². The Hall–Kier alpha value is -2.54. The maximum atomic E-state index is 3.77. The number of fused-ring (bicyclic) bond motifs is 1. The van der Waals surface area contributed by atoms with E-state index in [9.17, 15) is 0 Å². The molecule has 1 nitrogen and oxygen atoms in total. The average Bonchev–Trinajstić information content (AvgIpc) is 2.48. The molecule has 0 spiro atoms. The van der Waals surface area contributed by atoms with Gasteiger partial charge in [0.15, 0.2) is 0 Å². The Morgan fingerprint density at radius 1 is 0.789 bits per heavy atom. The summed E-state index contributed by atoms with van der Waals surface area (Å²) < 4.78 is 0. The first-order chi connectivity index (χ1) is 9.36. The summed E-state index contributed by atoms with van der Waals surface area (Å²) in [6.45, 7) is 3.77. The average molecular weight is 245 g/mol. The Morgan fingerprint density at radius 3 is 2.32 bits per heavy atom. The molecule has 0 saturated heterocycles. The highest BCUT2D eigenvalue weighted by Crippen LogP contribution is 2.26. The van der Waals surface area contributed by atoms with Crippen molar-refractivity contribution in [1.29, 1.82) is 0 Å². The molecule has 0 heterocycles. The smallest absolute Gasteiger partial charge is 0.0463 e. The van der Waals surface area contributed by atoms with Gasteiger partial charge >= 0.3 is 0 Å². The third-order valence-corrected chi connectivity index (χ3v) is 3.22. The molecule has 0 amide bonds. The summed E-state index contributed by atoms with van der Waals surface area (Å²) in [7, 11) is 0. The molecule has 0 aliphatic rings. The van der Waals surface area contributed by atoms with Gasteiger partial charge in [0.1, 0.15) is 0 Å². The van der Waals surface area contributed by atoms with E-state index in [4.69, 9.17) is 0 Å². The molecule has 0 bridgehead atoms. The highest BCUT2D eigenvalue weighted by molar-refractivity contribution is 5.95. The van der Waals surface area contributed by atoms with Gasteiger partial charge in [-0.1, -0.05) is 61.2 Å². The first-order valence-electron chi connectivity index (χ1n) is 6.34.